The van der Waals surface area contributed by atoms with Gasteiger partial charge in [0.2, 0.25) is 0 Å². The largest absolute Gasteiger partial charge is 0.229 e. The molecule has 0 radical (unpaired) electrons. The summed E-state index contributed by atoms with van der Waals surface area (Å²) < 4.78 is 23.1. The lowest BCUT2D eigenvalue weighted by Gasteiger charge is -2.27. The number of rotatable bonds is 3. The molecule has 1 rings (SSSR count). The summed E-state index contributed by atoms with van der Waals surface area (Å²) in [6.07, 6.45) is 1.16. The summed E-state index contributed by atoms with van der Waals surface area (Å²) in [5.41, 5.74) is 0.564. The van der Waals surface area contributed by atoms with Crippen LogP contribution in [0, 0.1) is 0 Å². The second-order valence-corrected chi connectivity index (χ2v) is 9.34. The molecule has 2 nitrogen and oxygen atoms in total. The summed E-state index contributed by atoms with van der Waals surface area (Å²) in [6, 6.07) is 1.61. The van der Waals surface area contributed by atoms with Gasteiger partial charge in [-0.15, -0.1) is 22.9 Å². The van der Waals surface area contributed by atoms with E-state index in [1.54, 1.807) is 19.9 Å². The maximum absolute atomic E-state index is 11.6. The van der Waals surface area contributed by atoms with Gasteiger partial charge in [0.05, 0.1) is 18.8 Å². The molecule has 1 atom stereocenters. The summed E-state index contributed by atoms with van der Waals surface area (Å²) >= 11 is 19.1. The Balaban J connectivity index is 3.22. The van der Waals surface area contributed by atoms with Crippen LogP contribution in [0.5, 0.6) is 0 Å². The number of thiophene rings is 1. The molecular formula is C9H11Cl3O2S2. The first-order valence-electron chi connectivity index (χ1n) is 4.35. The molecule has 0 aliphatic carbocycles. The van der Waals surface area contributed by atoms with Crippen LogP contribution in [0.25, 0.3) is 0 Å². The molecule has 7 heteroatoms. The maximum Gasteiger partial charge on any atom is 0.154 e. The van der Waals surface area contributed by atoms with Crippen molar-refractivity contribution in [1.29, 1.82) is 0 Å². The third kappa shape index (κ3) is 2.67. The highest BCUT2D eigenvalue weighted by Gasteiger charge is 2.40. The average Bonchev–Trinajstić information content (AvgIpc) is 2.41. The fourth-order valence-electron chi connectivity index (χ4n) is 1.09. The van der Waals surface area contributed by atoms with E-state index in [2.05, 4.69) is 0 Å². The smallest absolute Gasteiger partial charge is 0.154 e. The standard InChI is InChI=1S/C9H11Cl3O2S2/c1-9(2,16(3,13)14)7(11)5-4-6(10)15-8(5)12/h4,7H,1-3H3. The Morgan fingerprint density at radius 3 is 2.19 bits per heavy atom. The van der Waals surface area contributed by atoms with E-state index in [1.807, 2.05) is 0 Å². The van der Waals surface area contributed by atoms with Crippen LogP contribution in [0.3, 0.4) is 0 Å². The van der Waals surface area contributed by atoms with Crippen LogP contribution in [-0.4, -0.2) is 19.4 Å². The van der Waals surface area contributed by atoms with Gasteiger partial charge in [-0.3, -0.25) is 0 Å². The Bertz CT molecular complexity index is 491. The molecule has 0 aliphatic heterocycles. The zero-order valence-electron chi connectivity index (χ0n) is 8.92. The highest BCUT2D eigenvalue weighted by atomic mass is 35.5. The van der Waals surface area contributed by atoms with E-state index in [9.17, 15) is 8.42 Å². The van der Waals surface area contributed by atoms with E-state index in [-0.39, 0.29) is 0 Å². The number of hydrogen-bond acceptors (Lipinski definition) is 3. The van der Waals surface area contributed by atoms with E-state index in [0.29, 0.717) is 14.2 Å². The van der Waals surface area contributed by atoms with Crippen molar-refractivity contribution in [2.75, 3.05) is 6.26 Å². The molecular weight excluding hydrogens is 311 g/mol. The molecule has 92 valence electrons. The second-order valence-electron chi connectivity index (χ2n) is 4.02. The maximum atomic E-state index is 11.6. The summed E-state index contributed by atoms with van der Waals surface area (Å²) in [5, 5.41) is -0.723. The van der Waals surface area contributed by atoms with Gasteiger partial charge in [0.15, 0.2) is 9.84 Å². The zero-order valence-corrected chi connectivity index (χ0v) is 12.8. The van der Waals surface area contributed by atoms with E-state index in [4.69, 9.17) is 34.8 Å². The minimum Gasteiger partial charge on any atom is -0.229 e. The number of hydrogen-bond donors (Lipinski definition) is 0. The van der Waals surface area contributed by atoms with Gasteiger partial charge in [0.1, 0.15) is 0 Å². The Kier molecular flexibility index (Phi) is 4.24. The summed E-state index contributed by atoms with van der Waals surface area (Å²) in [5.74, 6) is 0. The molecule has 0 saturated carbocycles. The van der Waals surface area contributed by atoms with Crippen LogP contribution in [0.15, 0.2) is 6.07 Å². The van der Waals surface area contributed by atoms with Crippen LogP contribution in [0.2, 0.25) is 8.67 Å². The Labute approximate surface area is 114 Å². The molecule has 0 bridgehead atoms. The molecule has 16 heavy (non-hydrogen) atoms. The van der Waals surface area contributed by atoms with Crippen molar-refractivity contribution in [3.63, 3.8) is 0 Å². The van der Waals surface area contributed by atoms with Crippen LogP contribution in [-0.2, 0) is 9.84 Å². The third-order valence-electron chi connectivity index (χ3n) is 2.52. The topological polar surface area (TPSA) is 34.1 Å². The van der Waals surface area contributed by atoms with Gasteiger partial charge in [-0.1, -0.05) is 23.2 Å². The Hall–Kier alpha value is 0.520. The highest BCUT2D eigenvalue weighted by Crippen LogP contribution is 2.44. The van der Waals surface area contributed by atoms with Crippen molar-refractivity contribution in [2.45, 2.75) is 24.0 Å². The summed E-state index contributed by atoms with van der Waals surface area (Å²) in [4.78, 5) is 0. The predicted molar refractivity (Wildman–Crippen MR) is 71.9 cm³/mol. The molecule has 0 aromatic carbocycles. The molecule has 1 aromatic heterocycles. The first-order chi connectivity index (χ1) is 7.07. The third-order valence-corrected chi connectivity index (χ3v) is 7.10. The molecule has 0 fully saturated rings. The normalized spacial score (nSPS) is 15.1. The Morgan fingerprint density at radius 2 is 1.88 bits per heavy atom. The average molecular weight is 322 g/mol. The molecule has 0 spiro atoms. The van der Waals surface area contributed by atoms with Gasteiger partial charge in [-0.2, -0.15) is 0 Å². The molecule has 0 saturated heterocycles. The lowest BCUT2D eigenvalue weighted by atomic mass is 10.0. The monoisotopic (exact) mass is 320 g/mol. The molecule has 1 aromatic rings. The van der Waals surface area contributed by atoms with Crippen molar-refractivity contribution in [3.8, 4) is 0 Å². The summed E-state index contributed by atoms with van der Waals surface area (Å²) in [6.45, 7) is 3.14. The van der Waals surface area contributed by atoms with Gasteiger partial charge in [0.25, 0.3) is 0 Å². The van der Waals surface area contributed by atoms with E-state index < -0.39 is 20.0 Å². The molecule has 0 amide bonds. The first kappa shape index (κ1) is 14.6. The molecule has 1 heterocycles. The van der Waals surface area contributed by atoms with Gasteiger partial charge >= 0.3 is 0 Å². The van der Waals surface area contributed by atoms with Crippen molar-refractivity contribution in [2.24, 2.45) is 0 Å². The van der Waals surface area contributed by atoms with Crippen LogP contribution in [0.4, 0.5) is 0 Å². The number of alkyl halides is 1. The lowest BCUT2D eigenvalue weighted by molar-refractivity contribution is 0.544. The van der Waals surface area contributed by atoms with E-state index >= 15 is 0 Å². The first-order valence-corrected chi connectivity index (χ1v) is 8.26. The van der Waals surface area contributed by atoms with Gasteiger partial charge in [-0.25, -0.2) is 8.42 Å². The lowest BCUT2D eigenvalue weighted by Crippen LogP contribution is -2.35. The van der Waals surface area contributed by atoms with Crippen molar-refractivity contribution in [3.05, 3.63) is 20.3 Å². The molecule has 0 N–H and O–H groups in total. The summed E-state index contributed by atoms with van der Waals surface area (Å²) in [7, 11) is -3.29. The van der Waals surface area contributed by atoms with E-state index in [0.717, 1.165) is 6.26 Å². The fourth-order valence-corrected chi connectivity index (χ4v) is 3.90. The minimum atomic E-state index is -3.29. The van der Waals surface area contributed by atoms with Crippen molar-refractivity contribution >= 4 is 56.0 Å². The van der Waals surface area contributed by atoms with Gasteiger partial charge < -0.3 is 0 Å². The predicted octanol–water partition coefficient (Wildman–Crippen LogP) is 4.16. The Morgan fingerprint density at radius 1 is 1.38 bits per heavy atom. The van der Waals surface area contributed by atoms with Gasteiger partial charge in [-0.05, 0) is 19.9 Å². The highest BCUT2D eigenvalue weighted by molar-refractivity contribution is 7.92. The zero-order chi connectivity index (χ0) is 12.7. The van der Waals surface area contributed by atoms with Gasteiger partial charge in [0, 0.05) is 11.8 Å². The van der Waals surface area contributed by atoms with Crippen LogP contribution < -0.4 is 0 Å². The van der Waals surface area contributed by atoms with Crippen LogP contribution >= 0.6 is 46.1 Å². The minimum absolute atomic E-state index is 0.432. The van der Waals surface area contributed by atoms with E-state index in [1.165, 1.54) is 11.3 Å². The van der Waals surface area contributed by atoms with Crippen LogP contribution in [0.1, 0.15) is 24.8 Å². The van der Waals surface area contributed by atoms with Crippen molar-refractivity contribution in [1.82, 2.24) is 0 Å². The SMILES string of the molecule is CC(C)(C(Cl)c1cc(Cl)sc1Cl)S(C)(=O)=O. The number of halogens is 3. The second kappa shape index (κ2) is 4.65. The van der Waals surface area contributed by atoms with Crippen molar-refractivity contribution < 1.29 is 8.42 Å². The number of sulfone groups is 1. The molecule has 1 unspecified atom stereocenters. The molecule has 0 aliphatic rings. The quantitative estimate of drug-likeness (QED) is 0.783. The fraction of sp³-hybridized carbons (Fsp3) is 0.556.